The van der Waals surface area contributed by atoms with Gasteiger partial charge in [-0.3, -0.25) is 4.79 Å². The number of carbonyl (C=O) groups excluding carboxylic acids is 1. The van der Waals surface area contributed by atoms with Gasteiger partial charge in [0.15, 0.2) is 6.10 Å². The number of benzene rings is 1. The van der Waals surface area contributed by atoms with E-state index in [0.29, 0.717) is 12.1 Å². The normalized spacial score (nSPS) is 12.1. The molecule has 1 amide bonds. The molecule has 106 valence electrons. The number of hydrogen-bond acceptors (Lipinski definition) is 4. The average Bonchev–Trinajstić information content (AvgIpc) is 2.99. The standard InChI is InChI=1S/C15H17NO3S/c17-8-7-16(10-12-6-9-20-11-12)15(19)14(18)13-4-2-1-3-5-13/h1-6,9,11,14,17-18H,7-8,10H2/t14-/m0/s1. The van der Waals surface area contributed by atoms with Gasteiger partial charge in [0, 0.05) is 13.1 Å². The average molecular weight is 291 g/mol. The molecule has 1 heterocycles. The lowest BCUT2D eigenvalue weighted by Gasteiger charge is -2.24. The molecule has 20 heavy (non-hydrogen) atoms. The van der Waals surface area contributed by atoms with Crippen molar-refractivity contribution in [1.82, 2.24) is 4.90 Å². The highest BCUT2D eigenvalue weighted by atomic mass is 32.1. The largest absolute Gasteiger partial charge is 0.395 e. The Morgan fingerprint density at radius 2 is 2.00 bits per heavy atom. The summed E-state index contributed by atoms with van der Waals surface area (Å²) in [5, 5.41) is 23.1. The highest BCUT2D eigenvalue weighted by molar-refractivity contribution is 7.07. The first-order chi connectivity index (χ1) is 9.72. The Kier molecular flexibility index (Phi) is 5.29. The fourth-order valence-corrected chi connectivity index (χ4v) is 2.60. The molecule has 0 saturated heterocycles. The number of aliphatic hydroxyl groups excluding tert-OH is 2. The molecule has 1 atom stereocenters. The van der Waals surface area contributed by atoms with Gasteiger partial charge in [0.05, 0.1) is 6.61 Å². The smallest absolute Gasteiger partial charge is 0.256 e. The third-order valence-corrected chi connectivity index (χ3v) is 3.72. The third kappa shape index (κ3) is 3.66. The molecule has 0 aliphatic rings. The van der Waals surface area contributed by atoms with Crippen molar-refractivity contribution in [2.45, 2.75) is 12.6 Å². The Bertz CT molecular complexity index is 527. The number of aliphatic hydroxyl groups is 2. The minimum Gasteiger partial charge on any atom is -0.395 e. The zero-order valence-electron chi connectivity index (χ0n) is 11.0. The maximum atomic E-state index is 12.3. The van der Waals surface area contributed by atoms with Crippen molar-refractivity contribution in [2.24, 2.45) is 0 Å². The predicted molar refractivity (Wildman–Crippen MR) is 78.2 cm³/mol. The van der Waals surface area contributed by atoms with Gasteiger partial charge in [-0.1, -0.05) is 30.3 Å². The lowest BCUT2D eigenvalue weighted by molar-refractivity contribution is -0.141. The van der Waals surface area contributed by atoms with E-state index < -0.39 is 12.0 Å². The van der Waals surface area contributed by atoms with Crippen LogP contribution in [0.1, 0.15) is 17.2 Å². The zero-order chi connectivity index (χ0) is 14.4. The molecule has 2 N–H and O–H groups in total. The van der Waals surface area contributed by atoms with E-state index >= 15 is 0 Å². The van der Waals surface area contributed by atoms with Crippen molar-refractivity contribution in [3.8, 4) is 0 Å². The number of nitrogens with zero attached hydrogens (tertiary/aromatic N) is 1. The molecule has 0 saturated carbocycles. The number of thiophene rings is 1. The maximum Gasteiger partial charge on any atom is 0.256 e. The fourth-order valence-electron chi connectivity index (χ4n) is 1.94. The molecule has 0 fully saturated rings. The molecule has 5 heteroatoms. The maximum absolute atomic E-state index is 12.3. The first-order valence-electron chi connectivity index (χ1n) is 6.36. The van der Waals surface area contributed by atoms with Gasteiger partial charge in [0.1, 0.15) is 0 Å². The molecular weight excluding hydrogens is 274 g/mol. The van der Waals surface area contributed by atoms with E-state index in [9.17, 15) is 9.90 Å². The van der Waals surface area contributed by atoms with Crippen LogP contribution in [0.2, 0.25) is 0 Å². The van der Waals surface area contributed by atoms with Crippen LogP contribution < -0.4 is 0 Å². The summed E-state index contributed by atoms with van der Waals surface area (Å²) in [6.45, 7) is 0.475. The molecule has 0 spiro atoms. The van der Waals surface area contributed by atoms with Crippen molar-refractivity contribution in [2.75, 3.05) is 13.2 Å². The van der Waals surface area contributed by atoms with Crippen LogP contribution >= 0.6 is 11.3 Å². The molecule has 0 radical (unpaired) electrons. The van der Waals surface area contributed by atoms with Gasteiger partial charge in [0.2, 0.25) is 0 Å². The van der Waals surface area contributed by atoms with Gasteiger partial charge in [-0.15, -0.1) is 0 Å². The van der Waals surface area contributed by atoms with Gasteiger partial charge in [-0.05, 0) is 28.0 Å². The summed E-state index contributed by atoms with van der Waals surface area (Å²) in [4.78, 5) is 13.8. The van der Waals surface area contributed by atoms with Crippen molar-refractivity contribution in [1.29, 1.82) is 0 Å². The fraction of sp³-hybridized carbons (Fsp3) is 0.267. The molecule has 0 bridgehead atoms. The van der Waals surface area contributed by atoms with Crippen LogP contribution in [0.15, 0.2) is 47.2 Å². The quantitative estimate of drug-likeness (QED) is 0.853. The van der Waals surface area contributed by atoms with Crippen LogP contribution in [-0.2, 0) is 11.3 Å². The molecule has 2 rings (SSSR count). The summed E-state index contributed by atoms with van der Waals surface area (Å²) in [7, 11) is 0. The second-order valence-corrected chi connectivity index (χ2v) is 5.21. The van der Waals surface area contributed by atoms with Crippen molar-refractivity contribution >= 4 is 17.2 Å². The van der Waals surface area contributed by atoms with Gasteiger partial charge < -0.3 is 15.1 Å². The van der Waals surface area contributed by atoms with Crippen molar-refractivity contribution < 1.29 is 15.0 Å². The Hall–Kier alpha value is -1.69. The topological polar surface area (TPSA) is 60.8 Å². The summed E-state index contributed by atoms with van der Waals surface area (Å²) in [6, 6.07) is 10.7. The van der Waals surface area contributed by atoms with E-state index in [1.165, 1.54) is 4.90 Å². The summed E-state index contributed by atoms with van der Waals surface area (Å²) < 4.78 is 0. The van der Waals surface area contributed by atoms with E-state index in [4.69, 9.17) is 5.11 Å². The summed E-state index contributed by atoms with van der Waals surface area (Å²) in [5.74, 6) is -0.392. The second-order valence-electron chi connectivity index (χ2n) is 4.43. The number of hydrogen-bond donors (Lipinski definition) is 2. The Labute approximate surface area is 121 Å². The van der Waals surface area contributed by atoms with E-state index in [-0.39, 0.29) is 13.2 Å². The first-order valence-corrected chi connectivity index (χ1v) is 7.30. The van der Waals surface area contributed by atoms with E-state index in [0.717, 1.165) is 5.56 Å². The highest BCUT2D eigenvalue weighted by Gasteiger charge is 2.23. The number of amides is 1. The molecule has 0 aliphatic carbocycles. The number of carbonyl (C=O) groups is 1. The molecule has 1 aromatic carbocycles. The van der Waals surface area contributed by atoms with Crippen LogP contribution in [0.5, 0.6) is 0 Å². The van der Waals surface area contributed by atoms with Gasteiger partial charge in [-0.25, -0.2) is 0 Å². The Morgan fingerprint density at radius 3 is 2.60 bits per heavy atom. The minimum absolute atomic E-state index is 0.128. The van der Waals surface area contributed by atoms with Gasteiger partial charge in [-0.2, -0.15) is 11.3 Å². The molecule has 4 nitrogen and oxygen atoms in total. The van der Waals surface area contributed by atoms with Crippen molar-refractivity contribution in [3.05, 3.63) is 58.3 Å². The van der Waals surface area contributed by atoms with Crippen LogP contribution in [-0.4, -0.2) is 34.2 Å². The van der Waals surface area contributed by atoms with Crippen LogP contribution in [0.3, 0.4) is 0 Å². The van der Waals surface area contributed by atoms with Gasteiger partial charge in [0.25, 0.3) is 5.91 Å². The van der Waals surface area contributed by atoms with Crippen LogP contribution in [0.4, 0.5) is 0 Å². The molecule has 0 unspecified atom stereocenters. The lowest BCUT2D eigenvalue weighted by Crippen LogP contribution is -2.36. The summed E-state index contributed by atoms with van der Waals surface area (Å²) >= 11 is 1.55. The Balaban J connectivity index is 2.10. The zero-order valence-corrected chi connectivity index (χ0v) is 11.8. The molecule has 0 aliphatic heterocycles. The van der Waals surface area contributed by atoms with Crippen molar-refractivity contribution in [3.63, 3.8) is 0 Å². The van der Waals surface area contributed by atoms with E-state index in [1.54, 1.807) is 35.6 Å². The minimum atomic E-state index is -1.19. The molecule has 1 aromatic heterocycles. The second kappa shape index (κ2) is 7.19. The Morgan fingerprint density at radius 1 is 1.25 bits per heavy atom. The first kappa shape index (κ1) is 14.7. The number of rotatable bonds is 6. The van der Waals surface area contributed by atoms with Crippen LogP contribution in [0.25, 0.3) is 0 Å². The van der Waals surface area contributed by atoms with Gasteiger partial charge >= 0.3 is 0 Å². The summed E-state index contributed by atoms with van der Waals surface area (Å²) in [6.07, 6.45) is -1.19. The molecule has 2 aromatic rings. The lowest BCUT2D eigenvalue weighted by atomic mass is 10.1. The summed E-state index contributed by atoms with van der Waals surface area (Å²) in [5.41, 5.74) is 1.56. The highest BCUT2D eigenvalue weighted by Crippen LogP contribution is 2.17. The SMILES string of the molecule is O=C([C@@H](O)c1ccccc1)N(CCO)Cc1ccsc1. The predicted octanol–water partition coefficient (Wildman–Crippen LogP) is 1.80. The third-order valence-electron chi connectivity index (χ3n) is 2.98. The monoisotopic (exact) mass is 291 g/mol. The van der Waals surface area contributed by atoms with E-state index in [2.05, 4.69) is 0 Å². The van der Waals surface area contributed by atoms with Crippen LogP contribution in [0, 0.1) is 0 Å². The van der Waals surface area contributed by atoms with E-state index in [1.807, 2.05) is 22.9 Å². The molecular formula is C15H17NO3S.